The summed E-state index contributed by atoms with van der Waals surface area (Å²) in [7, 11) is 0. The molecule has 1 aromatic heterocycles. The zero-order chi connectivity index (χ0) is 48.3. The van der Waals surface area contributed by atoms with Gasteiger partial charge in [0.2, 0.25) is 0 Å². The van der Waals surface area contributed by atoms with Gasteiger partial charge in [0.05, 0.1) is 0 Å². The van der Waals surface area contributed by atoms with E-state index in [0.717, 1.165) is 17.1 Å². The summed E-state index contributed by atoms with van der Waals surface area (Å²) in [5, 5.41) is 5.23. The highest BCUT2D eigenvalue weighted by atomic mass is 32.1. The Balaban J connectivity index is 0.854. The first-order valence-electron chi connectivity index (χ1n) is 25.2. The average molecular weight is 938 g/mol. The second-order valence-electron chi connectivity index (χ2n) is 20.8. The van der Waals surface area contributed by atoms with Gasteiger partial charge in [-0.2, -0.15) is 0 Å². The second kappa shape index (κ2) is 16.1. The number of benzene rings is 11. The number of thiophene rings is 1. The number of hydrogen-bond acceptors (Lipinski definition) is 2. The van der Waals surface area contributed by atoms with Gasteiger partial charge in [-0.15, -0.1) is 11.3 Å². The number of anilines is 3. The molecule has 0 saturated carbocycles. The predicted molar refractivity (Wildman–Crippen MR) is 308 cm³/mol. The zero-order valence-corrected chi connectivity index (χ0v) is 41.7. The van der Waals surface area contributed by atoms with Crippen LogP contribution < -0.4 is 4.90 Å². The molecule has 0 atom stereocenters. The van der Waals surface area contributed by atoms with Gasteiger partial charge in [0.1, 0.15) is 0 Å². The first-order chi connectivity index (χ1) is 35.2. The monoisotopic (exact) mass is 937 g/mol. The highest BCUT2D eigenvalue weighted by Crippen LogP contribution is 2.54. The standard InChI is InChI=1S/C70H51NS/c1-69(2)63-25-11-9-19-56(63)58-41-34-48(43-65(58)69)44-27-35-49(36-28-44)71(51-39-31-47(32-40-51)54-21-13-24-61-62-42-33-45-15-5-6-17-53(45)68(62)72-67(54)61)50-37-29-46(30-38-50)52-16-7-8-18-55(52)59-22-14-23-60-57-20-10-12-26-64(57)70(3,4)66(59)60/h5-43H,1-4H3. The number of hydrogen-bond donors (Lipinski definition) is 0. The van der Waals surface area contributed by atoms with E-state index in [-0.39, 0.29) is 10.8 Å². The smallest absolute Gasteiger partial charge is 0.0462 e. The van der Waals surface area contributed by atoms with Crippen LogP contribution >= 0.6 is 11.3 Å². The van der Waals surface area contributed by atoms with Gasteiger partial charge in [-0.25, -0.2) is 0 Å². The molecule has 0 amide bonds. The maximum atomic E-state index is 2.42. The lowest BCUT2D eigenvalue weighted by Gasteiger charge is -2.27. The van der Waals surface area contributed by atoms with E-state index in [1.54, 1.807) is 0 Å². The number of nitrogens with zero attached hydrogens (tertiary/aromatic N) is 1. The topological polar surface area (TPSA) is 3.24 Å². The van der Waals surface area contributed by atoms with Crippen molar-refractivity contribution in [2.24, 2.45) is 0 Å². The zero-order valence-electron chi connectivity index (χ0n) is 40.9. The molecule has 11 aromatic carbocycles. The van der Waals surface area contributed by atoms with E-state index >= 15 is 0 Å². The minimum absolute atomic E-state index is 0.0576. The van der Waals surface area contributed by atoms with E-state index in [1.165, 1.54) is 120 Å². The molecular formula is C70H51NS. The minimum atomic E-state index is -0.118. The van der Waals surface area contributed by atoms with E-state index in [1.807, 2.05) is 11.3 Å². The molecule has 0 bridgehead atoms. The molecule has 72 heavy (non-hydrogen) atoms. The van der Waals surface area contributed by atoms with Crippen LogP contribution in [0.15, 0.2) is 237 Å². The molecule has 1 heterocycles. The summed E-state index contributed by atoms with van der Waals surface area (Å²) < 4.78 is 2.68. The summed E-state index contributed by atoms with van der Waals surface area (Å²) >= 11 is 1.91. The van der Waals surface area contributed by atoms with E-state index in [9.17, 15) is 0 Å². The lowest BCUT2D eigenvalue weighted by Crippen LogP contribution is -2.16. The molecule has 1 nitrogen and oxygen atoms in total. The second-order valence-corrected chi connectivity index (χ2v) is 21.8. The average Bonchev–Trinajstić information content (AvgIpc) is 4.02. The third-order valence-electron chi connectivity index (χ3n) is 16.1. The SMILES string of the molecule is CC1(C)c2ccccc2-c2ccc(-c3ccc(N(c4ccc(-c5ccccc5-c5cccc6c5C(C)(C)c5ccccc5-6)cc4)c4ccc(-c5cccc6c5sc5c7ccccc7ccc65)cc4)cc3)cc21. The normalized spacial score (nSPS) is 13.8. The minimum Gasteiger partial charge on any atom is -0.311 e. The van der Waals surface area contributed by atoms with Gasteiger partial charge in [-0.05, 0) is 142 Å². The highest BCUT2D eigenvalue weighted by molar-refractivity contribution is 7.27. The van der Waals surface area contributed by atoms with Crippen molar-refractivity contribution in [2.45, 2.75) is 38.5 Å². The number of fused-ring (bicyclic) bond motifs is 11. The third-order valence-corrected chi connectivity index (χ3v) is 17.4. The van der Waals surface area contributed by atoms with E-state index < -0.39 is 0 Å². The molecule has 0 fully saturated rings. The van der Waals surface area contributed by atoms with Crippen molar-refractivity contribution in [3.8, 4) is 66.8 Å². The molecule has 0 radical (unpaired) electrons. The van der Waals surface area contributed by atoms with Gasteiger partial charge in [0.25, 0.3) is 0 Å². The molecule has 342 valence electrons. The van der Waals surface area contributed by atoms with Crippen LogP contribution in [-0.2, 0) is 10.8 Å². The van der Waals surface area contributed by atoms with E-state index in [2.05, 4.69) is 269 Å². The van der Waals surface area contributed by atoms with Crippen LogP contribution in [0.25, 0.3) is 97.7 Å². The van der Waals surface area contributed by atoms with Crippen molar-refractivity contribution in [3.05, 3.63) is 259 Å². The summed E-state index contributed by atoms with van der Waals surface area (Å²) in [6.45, 7) is 9.47. The molecule has 0 unspecified atom stereocenters. The Morgan fingerprint density at radius 1 is 0.292 bits per heavy atom. The van der Waals surface area contributed by atoms with Gasteiger partial charge in [-0.3, -0.25) is 0 Å². The third kappa shape index (κ3) is 6.45. The van der Waals surface area contributed by atoms with Crippen LogP contribution in [0.1, 0.15) is 49.9 Å². The van der Waals surface area contributed by atoms with Crippen molar-refractivity contribution in [1.29, 1.82) is 0 Å². The Bertz CT molecular complexity index is 4130. The van der Waals surface area contributed by atoms with Crippen LogP contribution in [0.5, 0.6) is 0 Å². The summed E-state index contributed by atoms with van der Waals surface area (Å²) in [4.78, 5) is 2.40. The largest absolute Gasteiger partial charge is 0.311 e. The quantitative estimate of drug-likeness (QED) is 0.154. The molecule has 2 heteroatoms. The molecule has 0 N–H and O–H groups in total. The van der Waals surface area contributed by atoms with E-state index in [0.29, 0.717) is 0 Å². The van der Waals surface area contributed by atoms with Crippen LogP contribution in [0, 0.1) is 0 Å². The van der Waals surface area contributed by atoms with Gasteiger partial charge >= 0.3 is 0 Å². The molecule has 12 aromatic rings. The molecule has 0 spiro atoms. The molecular weight excluding hydrogens is 887 g/mol. The van der Waals surface area contributed by atoms with Gasteiger partial charge in [0.15, 0.2) is 0 Å². The van der Waals surface area contributed by atoms with Crippen LogP contribution in [0.3, 0.4) is 0 Å². The van der Waals surface area contributed by atoms with Crippen molar-refractivity contribution in [2.75, 3.05) is 4.90 Å². The Hall–Kier alpha value is -8.30. The summed E-state index contributed by atoms with van der Waals surface area (Å²) in [6.07, 6.45) is 0. The van der Waals surface area contributed by atoms with Gasteiger partial charge in [0, 0.05) is 48.1 Å². The van der Waals surface area contributed by atoms with Crippen LogP contribution in [0.4, 0.5) is 17.1 Å². The van der Waals surface area contributed by atoms with Crippen LogP contribution in [0.2, 0.25) is 0 Å². The van der Waals surface area contributed by atoms with E-state index in [4.69, 9.17) is 0 Å². The van der Waals surface area contributed by atoms with Crippen molar-refractivity contribution < 1.29 is 0 Å². The first kappa shape index (κ1) is 42.6. The fourth-order valence-electron chi connectivity index (χ4n) is 12.5. The van der Waals surface area contributed by atoms with Crippen molar-refractivity contribution in [1.82, 2.24) is 0 Å². The molecule has 14 rings (SSSR count). The number of rotatable bonds is 7. The fourth-order valence-corrected chi connectivity index (χ4v) is 13.9. The van der Waals surface area contributed by atoms with Gasteiger partial charge < -0.3 is 4.90 Å². The summed E-state index contributed by atoms with van der Waals surface area (Å²) in [6, 6.07) is 88.3. The van der Waals surface area contributed by atoms with Crippen molar-refractivity contribution >= 4 is 59.3 Å². The first-order valence-corrected chi connectivity index (χ1v) is 26.1. The molecule has 0 saturated heterocycles. The summed E-state index contributed by atoms with van der Waals surface area (Å²) in [5.74, 6) is 0. The van der Waals surface area contributed by atoms with Gasteiger partial charge in [-0.1, -0.05) is 222 Å². The lowest BCUT2D eigenvalue weighted by molar-refractivity contribution is 0.660. The molecule has 0 aliphatic heterocycles. The van der Waals surface area contributed by atoms with Crippen LogP contribution in [-0.4, -0.2) is 0 Å². The fraction of sp³-hybridized carbons (Fsp3) is 0.0857. The molecule has 2 aliphatic rings. The predicted octanol–water partition coefficient (Wildman–Crippen LogP) is 20.0. The highest BCUT2D eigenvalue weighted by Gasteiger charge is 2.38. The maximum absolute atomic E-state index is 2.42. The molecule has 2 aliphatic carbocycles. The Labute approximate surface area is 426 Å². The Kier molecular flexibility index (Phi) is 9.53. The Morgan fingerprint density at radius 2 is 0.750 bits per heavy atom. The Morgan fingerprint density at radius 3 is 1.44 bits per heavy atom. The van der Waals surface area contributed by atoms with Crippen molar-refractivity contribution in [3.63, 3.8) is 0 Å². The maximum Gasteiger partial charge on any atom is 0.0462 e. The lowest BCUT2D eigenvalue weighted by atomic mass is 9.78. The summed E-state index contributed by atoms with van der Waals surface area (Å²) in [5.41, 5.74) is 24.0.